The molecule has 0 aliphatic carbocycles. The van der Waals surface area contributed by atoms with E-state index in [2.05, 4.69) is 55.4 Å². The SMILES string of the molecule is CCC(C)CCCCCCCCC(=O)OC[C@H](COP(=O)(O)OC[C@H](O)COP(=O)(O)OC[C@@H](COC(=O)CCCCCCCCC(C)C)OC(=O)CCCCCCCCCC(C)C)OC(=O)CCCCCCCCCCCC(C)C. The normalized spacial score (nSPS) is 14.8. The number of esters is 4. The van der Waals surface area contributed by atoms with Crippen molar-refractivity contribution in [3.63, 3.8) is 0 Å². The van der Waals surface area contributed by atoms with Crippen molar-refractivity contribution in [2.75, 3.05) is 39.6 Å². The van der Waals surface area contributed by atoms with E-state index in [4.69, 9.17) is 37.0 Å². The highest BCUT2D eigenvalue weighted by Gasteiger charge is 2.30. The third-order valence-electron chi connectivity index (χ3n) is 14.4. The van der Waals surface area contributed by atoms with E-state index < -0.39 is 97.5 Å². The van der Waals surface area contributed by atoms with Gasteiger partial charge < -0.3 is 33.8 Å². The first-order valence-electron chi connectivity index (χ1n) is 32.2. The summed E-state index contributed by atoms with van der Waals surface area (Å²) in [7, 11) is -9.88. The van der Waals surface area contributed by atoms with Gasteiger partial charge in [-0.3, -0.25) is 37.3 Å². The zero-order valence-corrected chi connectivity index (χ0v) is 54.2. The fraction of sp³-hybridized carbons (Fsp3) is 0.935. The highest BCUT2D eigenvalue weighted by Crippen LogP contribution is 2.45. The van der Waals surface area contributed by atoms with Crippen LogP contribution in [0.5, 0.6) is 0 Å². The molecule has 19 heteroatoms. The predicted molar refractivity (Wildman–Crippen MR) is 321 cm³/mol. The highest BCUT2D eigenvalue weighted by atomic mass is 31.2. The molecule has 81 heavy (non-hydrogen) atoms. The van der Waals surface area contributed by atoms with Crippen molar-refractivity contribution in [2.24, 2.45) is 23.7 Å². The Labute approximate surface area is 492 Å². The molecule has 0 saturated heterocycles. The molecule has 0 aliphatic rings. The van der Waals surface area contributed by atoms with Gasteiger partial charge in [-0.2, -0.15) is 0 Å². The zero-order chi connectivity index (χ0) is 60.4. The van der Waals surface area contributed by atoms with Gasteiger partial charge in [0.1, 0.15) is 19.3 Å². The lowest BCUT2D eigenvalue weighted by Crippen LogP contribution is -2.30. The number of phosphoric acid groups is 2. The van der Waals surface area contributed by atoms with E-state index in [1.54, 1.807) is 0 Å². The lowest BCUT2D eigenvalue weighted by atomic mass is 10.00. The van der Waals surface area contributed by atoms with Crippen molar-refractivity contribution < 1.29 is 80.2 Å². The molecule has 0 spiro atoms. The maximum atomic E-state index is 12.9. The maximum Gasteiger partial charge on any atom is 0.472 e. The third kappa shape index (κ3) is 55.7. The fourth-order valence-corrected chi connectivity index (χ4v) is 10.6. The predicted octanol–water partition coefficient (Wildman–Crippen LogP) is 16.6. The molecule has 0 amide bonds. The molecule has 3 unspecified atom stereocenters. The van der Waals surface area contributed by atoms with Crippen LogP contribution < -0.4 is 0 Å². The maximum absolute atomic E-state index is 12.9. The van der Waals surface area contributed by atoms with Crippen LogP contribution in [0.2, 0.25) is 0 Å². The Kier molecular flexibility index (Phi) is 51.1. The second-order valence-corrected chi connectivity index (χ2v) is 27.0. The number of rotatable bonds is 59. The number of aliphatic hydroxyl groups excluding tert-OH is 1. The molecular weight excluding hydrogens is 1080 g/mol. The van der Waals surface area contributed by atoms with Crippen molar-refractivity contribution >= 4 is 39.5 Å². The van der Waals surface area contributed by atoms with Gasteiger partial charge in [0.15, 0.2) is 12.2 Å². The van der Waals surface area contributed by atoms with E-state index in [0.29, 0.717) is 37.5 Å². The molecule has 480 valence electrons. The van der Waals surface area contributed by atoms with Crippen LogP contribution in [0, 0.1) is 23.7 Å². The van der Waals surface area contributed by atoms with E-state index in [0.717, 1.165) is 115 Å². The first-order valence-corrected chi connectivity index (χ1v) is 35.2. The van der Waals surface area contributed by atoms with Crippen LogP contribution in [0.25, 0.3) is 0 Å². The number of hydrogen-bond acceptors (Lipinski definition) is 15. The molecule has 0 rings (SSSR count). The number of hydrogen-bond donors (Lipinski definition) is 3. The number of carbonyl (C=O) groups is 4. The van der Waals surface area contributed by atoms with Crippen LogP contribution >= 0.6 is 15.6 Å². The molecule has 0 radical (unpaired) electrons. The van der Waals surface area contributed by atoms with Gasteiger partial charge in [0.25, 0.3) is 0 Å². The second kappa shape index (κ2) is 52.4. The summed E-state index contributed by atoms with van der Waals surface area (Å²) in [4.78, 5) is 72.1. The van der Waals surface area contributed by atoms with Crippen LogP contribution in [0.1, 0.15) is 293 Å². The van der Waals surface area contributed by atoms with E-state index in [-0.39, 0.29) is 25.7 Å². The van der Waals surface area contributed by atoms with E-state index in [1.807, 2.05) is 0 Å². The third-order valence-corrected chi connectivity index (χ3v) is 16.3. The van der Waals surface area contributed by atoms with Gasteiger partial charge >= 0.3 is 39.5 Å². The summed E-state index contributed by atoms with van der Waals surface area (Å²) >= 11 is 0. The molecule has 0 aromatic carbocycles. The smallest absolute Gasteiger partial charge is 0.462 e. The van der Waals surface area contributed by atoms with Gasteiger partial charge in [-0.05, 0) is 49.4 Å². The highest BCUT2D eigenvalue weighted by molar-refractivity contribution is 7.47. The fourth-order valence-electron chi connectivity index (χ4n) is 9.04. The van der Waals surface area contributed by atoms with Crippen LogP contribution in [0.3, 0.4) is 0 Å². The summed E-state index contributed by atoms with van der Waals surface area (Å²) in [6.45, 7) is 13.9. The summed E-state index contributed by atoms with van der Waals surface area (Å²) in [6.07, 6.45) is 31.0. The van der Waals surface area contributed by atoms with Crippen molar-refractivity contribution in [3.8, 4) is 0 Å². The van der Waals surface area contributed by atoms with Gasteiger partial charge in [0.2, 0.25) is 0 Å². The summed E-state index contributed by atoms with van der Waals surface area (Å²) < 4.78 is 67.9. The number of phosphoric ester groups is 2. The molecule has 0 fully saturated rings. The van der Waals surface area contributed by atoms with Gasteiger partial charge in [-0.15, -0.1) is 0 Å². The Morgan fingerprint density at radius 1 is 0.346 bits per heavy atom. The monoisotopic (exact) mass is 1200 g/mol. The number of ether oxygens (including phenoxy) is 4. The average Bonchev–Trinajstić information content (AvgIpc) is 3.41. The standard InChI is InChI=1S/C62H120O17P2/c1-9-55(8)41-33-25-19-21-27-35-43-60(65)73-49-57(78-61(66)44-36-28-16-12-10-11-14-22-30-38-52(2)3)50-76-80(68,69)74-46-56(63)47-75-81(70,71)77-51-58(48-72-59(64)42-34-26-20-18-24-32-40-54(6)7)79-62(67)45-37-29-17-13-15-23-31-39-53(4)5/h52-58,63H,9-51H2,1-8H3,(H,68,69)(H,70,71)/t55?,56-,57+,58+/m0/s1. The summed E-state index contributed by atoms with van der Waals surface area (Å²) in [5.74, 6) is 0.696. The summed E-state index contributed by atoms with van der Waals surface area (Å²) in [5.41, 5.74) is 0. The molecule has 0 aliphatic heterocycles. The van der Waals surface area contributed by atoms with E-state index in [9.17, 15) is 43.2 Å². The van der Waals surface area contributed by atoms with Gasteiger partial charge in [-0.25, -0.2) is 9.13 Å². The Morgan fingerprint density at radius 3 is 0.877 bits per heavy atom. The van der Waals surface area contributed by atoms with E-state index in [1.165, 1.54) is 83.5 Å². The van der Waals surface area contributed by atoms with Crippen LogP contribution in [0.15, 0.2) is 0 Å². The van der Waals surface area contributed by atoms with Crippen LogP contribution in [0.4, 0.5) is 0 Å². The van der Waals surface area contributed by atoms with Gasteiger partial charge in [-0.1, -0.05) is 242 Å². The van der Waals surface area contributed by atoms with Gasteiger partial charge in [0, 0.05) is 25.7 Å². The minimum atomic E-state index is -4.94. The topological polar surface area (TPSA) is 237 Å². The molecule has 17 nitrogen and oxygen atoms in total. The minimum Gasteiger partial charge on any atom is -0.462 e. The quantitative estimate of drug-likeness (QED) is 0.0222. The molecule has 6 atom stereocenters. The molecule has 0 aromatic heterocycles. The number of unbranched alkanes of at least 4 members (excludes halogenated alkanes) is 24. The Balaban J connectivity index is 5.26. The van der Waals surface area contributed by atoms with Crippen molar-refractivity contribution in [1.82, 2.24) is 0 Å². The molecule has 3 N–H and O–H groups in total. The molecule has 0 bridgehead atoms. The minimum absolute atomic E-state index is 0.102. The van der Waals surface area contributed by atoms with Gasteiger partial charge in [0.05, 0.1) is 26.4 Å². The average molecular weight is 1200 g/mol. The first kappa shape index (κ1) is 79.1. The first-order chi connectivity index (χ1) is 38.6. The van der Waals surface area contributed by atoms with Crippen LogP contribution in [-0.4, -0.2) is 96.7 Å². The second-order valence-electron chi connectivity index (χ2n) is 24.1. The Hall–Kier alpha value is -1.94. The molecule has 0 saturated carbocycles. The lowest BCUT2D eigenvalue weighted by Gasteiger charge is -2.21. The van der Waals surface area contributed by atoms with Crippen molar-refractivity contribution in [3.05, 3.63) is 0 Å². The number of aliphatic hydroxyl groups is 1. The van der Waals surface area contributed by atoms with Crippen molar-refractivity contribution in [2.45, 2.75) is 311 Å². The van der Waals surface area contributed by atoms with Crippen LogP contribution in [-0.2, 0) is 65.4 Å². The number of carbonyl (C=O) groups excluding carboxylic acids is 4. The summed E-state index contributed by atoms with van der Waals surface area (Å²) in [6, 6.07) is 0. The van der Waals surface area contributed by atoms with Crippen molar-refractivity contribution in [1.29, 1.82) is 0 Å². The Bertz CT molecular complexity index is 1630. The molecule has 0 aromatic rings. The lowest BCUT2D eigenvalue weighted by molar-refractivity contribution is -0.161. The molecule has 0 heterocycles. The largest absolute Gasteiger partial charge is 0.472 e. The summed E-state index contributed by atoms with van der Waals surface area (Å²) in [5, 5.41) is 10.5. The Morgan fingerprint density at radius 2 is 0.593 bits per heavy atom. The molecular formula is C62H120O17P2. The van der Waals surface area contributed by atoms with E-state index >= 15 is 0 Å². The zero-order valence-electron chi connectivity index (χ0n) is 52.4.